The second-order valence-electron chi connectivity index (χ2n) is 2.91. The van der Waals surface area contributed by atoms with Crippen molar-refractivity contribution in [1.82, 2.24) is 0 Å². The molecule has 0 N–H and O–H groups in total. The Labute approximate surface area is 53.3 Å². The van der Waals surface area contributed by atoms with E-state index in [1.54, 1.807) is 0 Å². The highest BCUT2D eigenvalue weighted by molar-refractivity contribution is 4.73. The molecule has 0 heterocycles. The minimum Gasteiger partial charge on any atom is -0.0652 e. The summed E-state index contributed by atoms with van der Waals surface area (Å²) in [7, 11) is 0. The summed E-state index contributed by atoms with van der Waals surface area (Å²) in [6.07, 6.45) is 3.71. The van der Waals surface area contributed by atoms with Gasteiger partial charge in [-0.2, -0.15) is 0 Å². The molecular weight excluding hydrogens is 96.1 g/mol. The van der Waals surface area contributed by atoms with Gasteiger partial charge in [-0.25, -0.2) is 0 Å². The van der Waals surface area contributed by atoms with Crippen molar-refractivity contribution in [2.24, 2.45) is 5.41 Å². The summed E-state index contributed by atoms with van der Waals surface area (Å²) in [6, 6.07) is 0. The summed E-state index contributed by atoms with van der Waals surface area (Å²) < 4.78 is 0. The molecule has 1 unspecified atom stereocenters. The highest BCUT2D eigenvalue weighted by atomic mass is 14.2. The zero-order valence-corrected chi connectivity index (χ0v) is 6.33. The highest BCUT2D eigenvalue weighted by Crippen LogP contribution is 2.24. The minimum atomic E-state index is 0.342. The van der Waals surface area contributed by atoms with Gasteiger partial charge in [0, 0.05) is 0 Å². The third-order valence-electron chi connectivity index (χ3n) is 1.71. The lowest BCUT2D eigenvalue weighted by Gasteiger charge is -2.12. The van der Waals surface area contributed by atoms with E-state index in [0.29, 0.717) is 5.41 Å². The molecule has 8 heavy (non-hydrogen) atoms. The van der Waals surface area contributed by atoms with E-state index < -0.39 is 0 Å². The monoisotopic (exact) mass is 113 g/mol. The fraction of sp³-hybridized carbons (Fsp3) is 0.875. The molecule has 0 heteroatoms. The van der Waals surface area contributed by atoms with Crippen LogP contribution >= 0.6 is 0 Å². The maximum atomic E-state index is 4.08. The molecular formula is C8H17+. The summed E-state index contributed by atoms with van der Waals surface area (Å²) >= 11 is 0. The molecule has 0 saturated heterocycles. The van der Waals surface area contributed by atoms with Crippen LogP contribution in [0, 0.1) is 12.3 Å². The van der Waals surface area contributed by atoms with E-state index in [1.807, 2.05) is 0 Å². The van der Waals surface area contributed by atoms with Gasteiger partial charge in [-0.3, -0.25) is 0 Å². The van der Waals surface area contributed by atoms with Crippen LogP contribution in [0.2, 0.25) is 0 Å². The number of hydrogen-bond donors (Lipinski definition) is 0. The van der Waals surface area contributed by atoms with Gasteiger partial charge in [0.1, 0.15) is 5.41 Å². The van der Waals surface area contributed by atoms with Crippen molar-refractivity contribution < 1.29 is 0 Å². The smallest absolute Gasteiger partial charge is 0.0652 e. The Morgan fingerprint density at radius 3 is 2.00 bits per heavy atom. The first-order chi connectivity index (χ1) is 3.62. The summed E-state index contributed by atoms with van der Waals surface area (Å²) in [4.78, 5) is 0. The lowest BCUT2D eigenvalue weighted by Crippen LogP contribution is -2.08. The van der Waals surface area contributed by atoms with E-state index in [2.05, 4.69) is 27.7 Å². The lowest BCUT2D eigenvalue weighted by atomic mass is 9.86. The summed E-state index contributed by atoms with van der Waals surface area (Å²) in [6.45, 7) is 10.7. The van der Waals surface area contributed by atoms with Crippen molar-refractivity contribution in [3.8, 4) is 0 Å². The Morgan fingerprint density at radius 2 is 1.88 bits per heavy atom. The summed E-state index contributed by atoms with van der Waals surface area (Å²) in [5, 5.41) is 0. The summed E-state index contributed by atoms with van der Waals surface area (Å²) in [5.74, 6) is 0. The molecule has 0 aliphatic rings. The van der Waals surface area contributed by atoms with Crippen molar-refractivity contribution in [2.75, 3.05) is 0 Å². The standard InChI is InChI=1S/C8H17/c1-5-7-8(3,4)6-2/h3,5-7H2,1-2,4H3/q+1. The average Bonchev–Trinajstić information content (AvgIpc) is 1.67. The molecule has 0 spiro atoms. The fourth-order valence-corrected chi connectivity index (χ4v) is 0.780. The molecule has 0 saturated carbocycles. The highest BCUT2D eigenvalue weighted by Gasteiger charge is 2.20. The third kappa shape index (κ3) is 2.95. The quantitative estimate of drug-likeness (QED) is 0.493. The van der Waals surface area contributed by atoms with Crippen LogP contribution in [0.25, 0.3) is 0 Å². The second kappa shape index (κ2) is 3.01. The van der Waals surface area contributed by atoms with Gasteiger partial charge in [0.05, 0.1) is 6.92 Å². The predicted octanol–water partition coefficient (Wildman–Crippen LogP) is 3.04. The Balaban J connectivity index is 3.37. The van der Waals surface area contributed by atoms with E-state index in [4.69, 9.17) is 0 Å². The van der Waals surface area contributed by atoms with Crippen molar-refractivity contribution in [1.29, 1.82) is 0 Å². The first kappa shape index (κ1) is 7.87. The van der Waals surface area contributed by atoms with E-state index >= 15 is 0 Å². The topological polar surface area (TPSA) is 0 Å². The molecule has 0 aliphatic carbocycles. The van der Waals surface area contributed by atoms with E-state index in [-0.39, 0.29) is 0 Å². The second-order valence-corrected chi connectivity index (χ2v) is 2.91. The molecule has 0 nitrogen and oxygen atoms in total. The summed E-state index contributed by atoms with van der Waals surface area (Å²) in [5.41, 5.74) is 0.342. The van der Waals surface area contributed by atoms with Crippen LogP contribution < -0.4 is 0 Å². The molecule has 1 atom stereocenters. The molecule has 0 bridgehead atoms. The largest absolute Gasteiger partial charge is 0.102 e. The van der Waals surface area contributed by atoms with Crippen LogP contribution in [0.1, 0.15) is 40.0 Å². The van der Waals surface area contributed by atoms with Gasteiger partial charge < -0.3 is 0 Å². The maximum absolute atomic E-state index is 4.08. The molecule has 0 aromatic rings. The molecule has 0 aliphatic heterocycles. The zero-order valence-electron chi connectivity index (χ0n) is 6.33. The SMILES string of the molecule is [CH2+]C(C)(CC)CCC. The number of hydrogen-bond acceptors (Lipinski definition) is 0. The normalized spacial score (nSPS) is 17.9. The Bertz CT molecular complexity index is 53.1. The molecule has 0 rings (SSSR count). The van der Waals surface area contributed by atoms with Crippen LogP contribution in [0.3, 0.4) is 0 Å². The molecule has 0 aromatic carbocycles. The fourth-order valence-electron chi connectivity index (χ4n) is 0.780. The Kier molecular flexibility index (Phi) is 2.96. The van der Waals surface area contributed by atoms with Gasteiger partial charge in [-0.15, -0.1) is 0 Å². The van der Waals surface area contributed by atoms with Crippen LogP contribution in [-0.2, 0) is 0 Å². The molecule has 0 aromatic heterocycles. The van der Waals surface area contributed by atoms with Crippen LogP contribution in [-0.4, -0.2) is 0 Å². The van der Waals surface area contributed by atoms with Gasteiger partial charge in [0.15, 0.2) is 0 Å². The van der Waals surface area contributed by atoms with E-state index in [9.17, 15) is 0 Å². The van der Waals surface area contributed by atoms with Crippen molar-refractivity contribution in [3.05, 3.63) is 6.92 Å². The van der Waals surface area contributed by atoms with Gasteiger partial charge in [-0.05, 0) is 19.8 Å². The van der Waals surface area contributed by atoms with Crippen LogP contribution in [0.4, 0.5) is 0 Å². The van der Waals surface area contributed by atoms with Gasteiger partial charge in [0.25, 0.3) is 0 Å². The van der Waals surface area contributed by atoms with Crippen molar-refractivity contribution in [2.45, 2.75) is 40.0 Å². The maximum Gasteiger partial charge on any atom is 0.102 e. The number of rotatable bonds is 3. The molecule has 48 valence electrons. The first-order valence-corrected chi connectivity index (χ1v) is 3.47. The molecule has 0 amide bonds. The van der Waals surface area contributed by atoms with Crippen LogP contribution in [0.15, 0.2) is 0 Å². The lowest BCUT2D eigenvalue weighted by molar-refractivity contribution is 0.368. The Morgan fingerprint density at radius 1 is 1.38 bits per heavy atom. The van der Waals surface area contributed by atoms with Gasteiger partial charge in [0.2, 0.25) is 0 Å². The average molecular weight is 113 g/mol. The Hall–Kier alpha value is -0.130. The van der Waals surface area contributed by atoms with Gasteiger partial charge >= 0.3 is 0 Å². The van der Waals surface area contributed by atoms with Crippen LogP contribution in [0.5, 0.6) is 0 Å². The zero-order chi connectivity index (χ0) is 6.62. The first-order valence-electron chi connectivity index (χ1n) is 3.47. The third-order valence-corrected chi connectivity index (χ3v) is 1.71. The van der Waals surface area contributed by atoms with Gasteiger partial charge in [-0.1, -0.05) is 20.3 Å². The van der Waals surface area contributed by atoms with Crippen molar-refractivity contribution >= 4 is 0 Å². The van der Waals surface area contributed by atoms with E-state index in [0.717, 1.165) is 0 Å². The van der Waals surface area contributed by atoms with Crippen molar-refractivity contribution in [3.63, 3.8) is 0 Å². The molecule has 0 fully saturated rings. The predicted molar refractivity (Wildman–Crippen MR) is 38.7 cm³/mol. The molecule has 0 radical (unpaired) electrons. The van der Waals surface area contributed by atoms with E-state index in [1.165, 1.54) is 19.3 Å². The minimum absolute atomic E-state index is 0.342.